The molecule has 0 radical (unpaired) electrons. The highest BCUT2D eigenvalue weighted by Crippen LogP contribution is 2.26. The molecule has 4 heteroatoms. The zero-order chi connectivity index (χ0) is 17.8. The van der Waals surface area contributed by atoms with E-state index < -0.39 is 0 Å². The van der Waals surface area contributed by atoms with E-state index in [-0.39, 0.29) is 5.91 Å². The summed E-state index contributed by atoms with van der Waals surface area (Å²) in [4.78, 5) is 17.0. The van der Waals surface area contributed by atoms with Crippen molar-refractivity contribution in [1.29, 1.82) is 0 Å². The van der Waals surface area contributed by atoms with E-state index in [9.17, 15) is 4.79 Å². The molecule has 4 rings (SSSR count). The molecule has 1 amide bonds. The lowest BCUT2D eigenvalue weighted by Crippen LogP contribution is -2.13. The highest BCUT2D eigenvalue weighted by Gasteiger charge is 2.13. The molecule has 1 N–H and O–H groups in total. The number of ether oxygens (including phenoxy) is 1. The number of nitrogens with one attached hydrogen (secondary N) is 1. The number of aromatic nitrogens is 1. The van der Waals surface area contributed by atoms with Crippen molar-refractivity contribution in [3.63, 3.8) is 0 Å². The molecule has 3 aromatic carbocycles. The number of nitrogens with zero attached hydrogens (tertiary/aromatic N) is 1. The van der Waals surface area contributed by atoms with Crippen LogP contribution in [0.5, 0.6) is 11.5 Å². The van der Waals surface area contributed by atoms with E-state index in [1.807, 2.05) is 72.8 Å². The molecule has 1 aromatic heterocycles. The molecule has 0 unspecified atom stereocenters. The van der Waals surface area contributed by atoms with Crippen LogP contribution in [-0.2, 0) is 0 Å². The number of para-hydroxylation sites is 2. The van der Waals surface area contributed by atoms with Crippen LogP contribution in [0.4, 0.5) is 5.69 Å². The Morgan fingerprint density at radius 2 is 1.65 bits per heavy atom. The molecule has 0 saturated heterocycles. The number of amides is 1. The molecule has 0 atom stereocenters. The van der Waals surface area contributed by atoms with Crippen LogP contribution in [0.1, 0.15) is 10.4 Å². The van der Waals surface area contributed by atoms with Gasteiger partial charge in [0.2, 0.25) is 0 Å². The average molecular weight is 340 g/mol. The summed E-state index contributed by atoms with van der Waals surface area (Å²) in [5.74, 6) is 0.975. The molecule has 4 nitrogen and oxygen atoms in total. The summed E-state index contributed by atoms with van der Waals surface area (Å²) in [5.41, 5.74) is 2.07. The molecular formula is C22H16N2O2. The maximum Gasteiger partial charge on any atom is 0.259 e. The molecule has 126 valence electrons. The molecule has 0 aliphatic rings. The number of fused-ring (bicyclic) bond motifs is 1. The summed E-state index contributed by atoms with van der Waals surface area (Å²) in [6.07, 6.45) is 1.75. The van der Waals surface area contributed by atoms with Gasteiger partial charge < -0.3 is 10.1 Å². The number of rotatable bonds is 4. The topological polar surface area (TPSA) is 51.2 Å². The van der Waals surface area contributed by atoms with Crippen molar-refractivity contribution in [2.45, 2.75) is 0 Å². The predicted octanol–water partition coefficient (Wildman–Crippen LogP) is 5.28. The van der Waals surface area contributed by atoms with Crippen molar-refractivity contribution >= 4 is 22.5 Å². The molecule has 1 heterocycles. The maximum atomic E-state index is 12.8. The Morgan fingerprint density at radius 3 is 2.54 bits per heavy atom. The molecular weight excluding hydrogens is 324 g/mol. The molecule has 0 saturated carbocycles. The molecule has 0 fully saturated rings. The van der Waals surface area contributed by atoms with Gasteiger partial charge in [-0.1, -0.05) is 36.4 Å². The van der Waals surface area contributed by atoms with Gasteiger partial charge >= 0.3 is 0 Å². The van der Waals surface area contributed by atoms with Gasteiger partial charge in [0.25, 0.3) is 5.91 Å². The van der Waals surface area contributed by atoms with Gasteiger partial charge in [0.1, 0.15) is 11.5 Å². The van der Waals surface area contributed by atoms with Gasteiger partial charge in [0.15, 0.2) is 0 Å². The minimum absolute atomic E-state index is 0.222. The Labute approximate surface area is 151 Å². The third-order valence-electron chi connectivity index (χ3n) is 3.96. The fraction of sp³-hybridized carbons (Fsp3) is 0. The minimum atomic E-state index is -0.222. The van der Waals surface area contributed by atoms with E-state index >= 15 is 0 Å². The molecule has 4 aromatic rings. The number of anilines is 1. The van der Waals surface area contributed by atoms with E-state index in [0.717, 1.165) is 10.9 Å². The molecule has 0 aliphatic heterocycles. The second kappa shape index (κ2) is 7.07. The molecule has 0 spiro atoms. The van der Waals surface area contributed by atoms with Gasteiger partial charge in [-0.15, -0.1) is 0 Å². The molecule has 26 heavy (non-hydrogen) atoms. The number of hydrogen-bond acceptors (Lipinski definition) is 3. The smallest absolute Gasteiger partial charge is 0.259 e. The van der Waals surface area contributed by atoms with Crippen LogP contribution in [-0.4, -0.2) is 10.9 Å². The summed E-state index contributed by atoms with van der Waals surface area (Å²) in [6.45, 7) is 0. The van der Waals surface area contributed by atoms with E-state index in [0.29, 0.717) is 22.7 Å². The first kappa shape index (κ1) is 15.8. The SMILES string of the molecule is O=C(Nc1ccc2ncccc2c1)c1ccccc1Oc1ccccc1. The lowest BCUT2D eigenvalue weighted by Gasteiger charge is -2.11. The predicted molar refractivity (Wildman–Crippen MR) is 103 cm³/mol. The van der Waals surface area contributed by atoms with Crippen LogP contribution < -0.4 is 10.1 Å². The zero-order valence-corrected chi connectivity index (χ0v) is 13.9. The van der Waals surface area contributed by atoms with Crippen LogP contribution in [0.2, 0.25) is 0 Å². The molecule has 0 bridgehead atoms. The van der Waals surface area contributed by atoms with E-state index in [1.54, 1.807) is 18.3 Å². The first-order chi connectivity index (χ1) is 12.8. The number of pyridine rings is 1. The van der Waals surface area contributed by atoms with Gasteiger partial charge in [-0.2, -0.15) is 0 Å². The normalized spacial score (nSPS) is 10.5. The minimum Gasteiger partial charge on any atom is -0.457 e. The maximum absolute atomic E-state index is 12.8. The van der Waals surface area contributed by atoms with Crippen LogP contribution in [0.25, 0.3) is 10.9 Å². The molecule has 0 aliphatic carbocycles. The number of benzene rings is 3. The van der Waals surface area contributed by atoms with Crippen LogP contribution >= 0.6 is 0 Å². The van der Waals surface area contributed by atoms with Gasteiger partial charge in [0, 0.05) is 17.3 Å². The van der Waals surface area contributed by atoms with Gasteiger partial charge in [-0.3, -0.25) is 9.78 Å². The van der Waals surface area contributed by atoms with Crippen LogP contribution in [0, 0.1) is 0 Å². The fourth-order valence-corrected chi connectivity index (χ4v) is 2.71. The Balaban J connectivity index is 1.59. The number of hydrogen-bond donors (Lipinski definition) is 1. The number of carbonyl (C=O) groups excluding carboxylic acids is 1. The van der Waals surface area contributed by atoms with Crippen LogP contribution in [0.15, 0.2) is 91.1 Å². The number of carbonyl (C=O) groups is 1. The Bertz CT molecular complexity index is 1060. The Morgan fingerprint density at radius 1 is 0.846 bits per heavy atom. The average Bonchev–Trinajstić information content (AvgIpc) is 2.69. The van der Waals surface area contributed by atoms with E-state index in [1.165, 1.54) is 0 Å². The standard InChI is InChI=1S/C22H16N2O2/c25-22(24-17-12-13-20-16(15-17)7-6-14-23-20)19-10-4-5-11-21(19)26-18-8-2-1-3-9-18/h1-15H,(H,24,25). The Kier molecular flexibility index (Phi) is 4.31. The van der Waals surface area contributed by atoms with Gasteiger partial charge in [-0.05, 0) is 48.5 Å². The van der Waals surface area contributed by atoms with Crippen molar-refractivity contribution in [2.24, 2.45) is 0 Å². The first-order valence-electron chi connectivity index (χ1n) is 8.28. The van der Waals surface area contributed by atoms with Gasteiger partial charge in [0.05, 0.1) is 11.1 Å². The fourth-order valence-electron chi connectivity index (χ4n) is 2.71. The quantitative estimate of drug-likeness (QED) is 0.550. The van der Waals surface area contributed by atoms with E-state index in [2.05, 4.69) is 10.3 Å². The van der Waals surface area contributed by atoms with Crippen molar-refractivity contribution in [1.82, 2.24) is 4.98 Å². The summed E-state index contributed by atoms with van der Waals surface area (Å²) in [6, 6.07) is 26.1. The van der Waals surface area contributed by atoms with Crippen LogP contribution in [0.3, 0.4) is 0 Å². The van der Waals surface area contributed by atoms with Crippen molar-refractivity contribution in [3.05, 3.63) is 96.7 Å². The Hall–Kier alpha value is -3.66. The monoisotopic (exact) mass is 340 g/mol. The lowest BCUT2D eigenvalue weighted by atomic mass is 10.1. The van der Waals surface area contributed by atoms with Crippen molar-refractivity contribution in [3.8, 4) is 11.5 Å². The lowest BCUT2D eigenvalue weighted by molar-refractivity contribution is 0.102. The first-order valence-corrected chi connectivity index (χ1v) is 8.28. The van der Waals surface area contributed by atoms with Crippen molar-refractivity contribution < 1.29 is 9.53 Å². The largest absolute Gasteiger partial charge is 0.457 e. The zero-order valence-electron chi connectivity index (χ0n) is 13.9. The summed E-state index contributed by atoms with van der Waals surface area (Å²) in [7, 11) is 0. The summed E-state index contributed by atoms with van der Waals surface area (Å²) in [5, 5.41) is 3.90. The highest BCUT2D eigenvalue weighted by molar-refractivity contribution is 6.06. The highest BCUT2D eigenvalue weighted by atomic mass is 16.5. The summed E-state index contributed by atoms with van der Waals surface area (Å²) < 4.78 is 5.87. The van der Waals surface area contributed by atoms with Crippen molar-refractivity contribution in [2.75, 3.05) is 5.32 Å². The second-order valence-electron chi connectivity index (χ2n) is 5.78. The van der Waals surface area contributed by atoms with Gasteiger partial charge in [-0.25, -0.2) is 0 Å². The summed E-state index contributed by atoms with van der Waals surface area (Å²) >= 11 is 0. The third-order valence-corrected chi connectivity index (χ3v) is 3.96. The third kappa shape index (κ3) is 3.39. The second-order valence-corrected chi connectivity index (χ2v) is 5.78. The van der Waals surface area contributed by atoms with E-state index in [4.69, 9.17) is 4.74 Å².